The van der Waals surface area contributed by atoms with E-state index in [1.807, 2.05) is 6.92 Å². The maximum Gasteiger partial charge on any atom is 0.238 e. The highest BCUT2D eigenvalue weighted by Crippen LogP contribution is 2.52. The second kappa shape index (κ2) is 4.66. The topological polar surface area (TPSA) is 54.5 Å². The lowest BCUT2D eigenvalue weighted by Gasteiger charge is -2.41. The van der Waals surface area contributed by atoms with Crippen molar-refractivity contribution in [3.63, 3.8) is 0 Å². The average molecular weight is 318 g/mol. The summed E-state index contributed by atoms with van der Waals surface area (Å²) in [4.78, 5) is 39.0. The Morgan fingerprint density at radius 2 is 1.82 bits per heavy atom. The van der Waals surface area contributed by atoms with Crippen LogP contribution < -0.4 is 4.90 Å². The fourth-order valence-electron chi connectivity index (χ4n) is 4.41. The van der Waals surface area contributed by atoms with Gasteiger partial charge in [0.1, 0.15) is 5.78 Å². The second-order valence-corrected chi connectivity index (χ2v) is 7.02. The van der Waals surface area contributed by atoms with Crippen LogP contribution in [0.25, 0.3) is 0 Å². The second-order valence-electron chi connectivity index (χ2n) is 6.61. The number of fused-ring (bicyclic) bond motifs is 2. The summed E-state index contributed by atoms with van der Waals surface area (Å²) < 4.78 is 0. The van der Waals surface area contributed by atoms with E-state index >= 15 is 0 Å². The van der Waals surface area contributed by atoms with Crippen molar-refractivity contribution in [3.8, 4) is 0 Å². The number of carbonyl (C=O) groups is 3. The fourth-order valence-corrected chi connectivity index (χ4v) is 4.52. The highest BCUT2D eigenvalue weighted by molar-refractivity contribution is 6.31. The maximum absolute atomic E-state index is 12.8. The molecule has 0 spiro atoms. The van der Waals surface area contributed by atoms with Gasteiger partial charge in [0.2, 0.25) is 11.8 Å². The van der Waals surface area contributed by atoms with Crippen LogP contribution in [0.1, 0.15) is 24.8 Å². The molecule has 4 nitrogen and oxygen atoms in total. The number of ketones is 1. The van der Waals surface area contributed by atoms with Gasteiger partial charge in [-0.15, -0.1) is 0 Å². The van der Waals surface area contributed by atoms with Gasteiger partial charge in [0, 0.05) is 17.4 Å². The predicted molar refractivity (Wildman–Crippen MR) is 81.5 cm³/mol. The Balaban J connectivity index is 1.77. The minimum Gasteiger partial charge on any atom is -0.299 e. The molecule has 1 aliphatic heterocycles. The minimum absolute atomic E-state index is 0.0392. The SMILES string of the molecule is Cc1cc(N2C(=O)C3C4CCC(C(=O)C4)C3C2=O)ccc1Cl. The molecule has 4 atom stereocenters. The average Bonchev–Trinajstić information content (AvgIpc) is 2.76. The van der Waals surface area contributed by atoms with E-state index in [-0.39, 0.29) is 35.4 Å². The molecule has 1 saturated heterocycles. The molecule has 22 heavy (non-hydrogen) atoms. The van der Waals surface area contributed by atoms with Crippen LogP contribution in [-0.4, -0.2) is 17.6 Å². The number of imide groups is 1. The molecule has 2 bridgehead atoms. The van der Waals surface area contributed by atoms with Gasteiger partial charge in [0.25, 0.3) is 0 Å². The van der Waals surface area contributed by atoms with Crippen molar-refractivity contribution in [3.05, 3.63) is 28.8 Å². The molecule has 5 heteroatoms. The first-order chi connectivity index (χ1) is 10.5. The van der Waals surface area contributed by atoms with E-state index in [0.717, 1.165) is 18.4 Å². The highest BCUT2D eigenvalue weighted by atomic mass is 35.5. The van der Waals surface area contributed by atoms with E-state index in [1.165, 1.54) is 4.90 Å². The number of rotatable bonds is 1. The molecule has 4 unspecified atom stereocenters. The first kappa shape index (κ1) is 13.9. The van der Waals surface area contributed by atoms with E-state index in [0.29, 0.717) is 17.1 Å². The van der Waals surface area contributed by atoms with Gasteiger partial charge in [-0.25, -0.2) is 0 Å². The third kappa shape index (κ3) is 1.73. The van der Waals surface area contributed by atoms with Gasteiger partial charge in [0.05, 0.1) is 17.5 Å². The number of aryl methyl sites for hydroxylation is 1. The quantitative estimate of drug-likeness (QED) is 0.748. The van der Waals surface area contributed by atoms with Crippen LogP contribution >= 0.6 is 11.6 Å². The summed E-state index contributed by atoms with van der Waals surface area (Å²) in [7, 11) is 0. The Morgan fingerprint density at radius 3 is 2.50 bits per heavy atom. The summed E-state index contributed by atoms with van der Waals surface area (Å²) in [5, 5.41) is 0.607. The van der Waals surface area contributed by atoms with E-state index < -0.39 is 5.92 Å². The Hall–Kier alpha value is -1.68. The van der Waals surface area contributed by atoms with Gasteiger partial charge in [0.15, 0.2) is 0 Å². The molecule has 4 aliphatic rings. The minimum atomic E-state index is -0.441. The Kier molecular flexibility index (Phi) is 2.95. The largest absolute Gasteiger partial charge is 0.299 e. The fraction of sp³-hybridized carbons (Fsp3) is 0.471. The lowest BCUT2D eigenvalue weighted by atomic mass is 9.59. The van der Waals surface area contributed by atoms with Gasteiger partial charge < -0.3 is 0 Å². The van der Waals surface area contributed by atoms with E-state index in [2.05, 4.69) is 0 Å². The van der Waals surface area contributed by atoms with Crippen molar-refractivity contribution >= 4 is 34.9 Å². The molecule has 4 fully saturated rings. The third-order valence-electron chi connectivity index (χ3n) is 5.46. The monoisotopic (exact) mass is 317 g/mol. The van der Waals surface area contributed by atoms with Crippen LogP contribution in [0.3, 0.4) is 0 Å². The Labute approximate surface area is 133 Å². The highest BCUT2D eigenvalue weighted by Gasteiger charge is 2.60. The summed E-state index contributed by atoms with van der Waals surface area (Å²) in [5.74, 6) is -1.16. The molecular weight excluding hydrogens is 302 g/mol. The first-order valence-corrected chi connectivity index (χ1v) is 8.03. The summed E-state index contributed by atoms with van der Waals surface area (Å²) >= 11 is 6.02. The van der Waals surface area contributed by atoms with Crippen LogP contribution in [0.2, 0.25) is 5.02 Å². The molecular formula is C17H16ClNO3. The molecule has 114 valence electrons. The van der Waals surface area contributed by atoms with Gasteiger partial charge in [-0.1, -0.05) is 11.6 Å². The van der Waals surface area contributed by atoms with Crippen molar-refractivity contribution < 1.29 is 14.4 Å². The van der Waals surface area contributed by atoms with Crippen LogP contribution in [-0.2, 0) is 14.4 Å². The number of benzene rings is 1. The molecule has 0 radical (unpaired) electrons. The predicted octanol–water partition coefficient (Wildman–Crippen LogP) is 2.75. The number of anilines is 1. The van der Waals surface area contributed by atoms with E-state index in [9.17, 15) is 14.4 Å². The molecule has 0 aromatic heterocycles. The molecule has 3 saturated carbocycles. The summed E-state index contributed by atoms with van der Waals surface area (Å²) in [6, 6.07) is 5.17. The lowest BCUT2D eigenvalue weighted by Crippen LogP contribution is -2.46. The van der Waals surface area contributed by atoms with Crippen molar-refractivity contribution in [1.82, 2.24) is 0 Å². The summed E-state index contributed by atoms with van der Waals surface area (Å²) in [5.41, 5.74) is 1.40. The smallest absolute Gasteiger partial charge is 0.238 e. The lowest BCUT2D eigenvalue weighted by molar-refractivity contribution is -0.143. The number of halogens is 1. The number of Topliss-reactive ketones (excluding diaryl/α,β-unsaturated/α-hetero) is 1. The van der Waals surface area contributed by atoms with Gasteiger partial charge in [-0.2, -0.15) is 0 Å². The molecule has 1 aromatic rings. The summed E-state index contributed by atoms with van der Waals surface area (Å²) in [6.07, 6.45) is 2.08. The van der Waals surface area contributed by atoms with Crippen molar-refractivity contribution in [2.45, 2.75) is 26.2 Å². The number of amides is 2. The Bertz CT molecular complexity index is 714. The number of hydrogen-bond acceptors (Lipinski definition) is 3. The zero-order valence-corrected chi connectivity index (χ0v) is 13.0. The van der Waals surface area contributed by atoms with Crippen molar-refractivity contribution in [1.29, 1.82) is 0 Å². The molecule has 1 aromatic carbocycles. The van der Waals surface area contributed by atoms with Gasteiger partial charge >= 0.3 is 0 Å². The van der Waals surface area contributed by atoms with Gasteiger partial charge in [-0.05, 0) is 49.4 Å². The zero-order chi connectivity index (χ0) is 15.6. The van der Waals surface area contributed by atoms with Crippen molar-refractivity contribution in [2.75, 3.05) is 4.90 Å². The number of nitrogens with zero attached hydrogens (tertiary/aromatic N) is 1. The molecule has 1 heterocycles. The molecule has 2 amide bonds. The van der Waals surface area contributed by atoms with Crippen LogP contribution in [0.5, 0.6) is 0 Å². The normalized spacial score (nSPS) is 33.5. The zero-order valence-electron chi connectivity index (χ0n) is 12.2. The maximum atomic E-state index is 12.8. The van der Waals surface area contributed by atoms with Gasteiger partial charge in [-0.3, -0.25) is 19.3 Å². The van der Waals surface area contributed by atoms with Crippen LogP contribution in [0.15, 0.2) is 18.2 Å². The number of carbonyl (C=O) groups excluding carboxylic acids is 3. The molecule has 3 aliphatic carbocycles. The summed E-state index contributed by atoms with van der Waals surface area (Å²) in [6.45, 7) is 1.84. The number of hydrogen-bond donors (Lipinski definition) is 0. The molecule has 0 N–H and O–H groups in total. The van der Waals surface area contributed by atoms with Crippen LogP contribution in [0.4, 0.5) is 5.69 Å². The van der Waals surface area contributed by atoms with E-state index in [1.54, 1.807) is 18.2 Å². The van der Waals surface area contributed by atoms with Crippen molar-refractivity contribution in [2.24, 2.45) is 23.7 Å². The third-order valence-corrected chi connectivity index (χ3v) is 5.89. The standard InChI is InChI=1S/C17H16ClNO3/c1-8-6-10(3-5-12(8)18)19-16(21)14-9-2-4-11(13(20)7-9)15(14)17(19)22/h3,5-6,9,11,14-15H,2,4,7H2,1H3. The van der Waals surface area contributed by atoms with E-state index in [4.69, 9.17) is 11.6 Å². The Morgan fingerprint density at radius 1 is 1.09 bits per heavy atom. The molecule has 5 rings (SSSR count). The first-order valence-electron chi connectivity index (χ1n) is 7.65. The van der Waals surface area contributed by atoms with Crippen LogP contribution in [0, 0.1) is 30.6 Å².